The lowest BCUT2D eigenvalue weighted by Gasteiger charge is -2.04. The minimum Gasteiger partial charge on any atom is -0.412 e. The molecule has 0 amide bonds. The molecule has 4 N–H and O–H groups in total. The first-order valence-electron chi connectivity index (χ1n) is 4.03. The van der Waals surface area contributed by atoms with Gasteiger partial charge in [-0.05, 0) is 17.0 Å². The quantitative estimate of drug-likeness (QED) is 0.784. The third kappa shape index (κ3) is 4.27. The molecule has 0 saturated heterocycles. The molecule has 0 aliphatic carbocycles. The van der Waals surface area contributed by atoms with Gasteiger partial charge in [0.2, 0.25) is 0 Å². The first-order chi connectivity index (χ1) is 5.24. The zero-order valence-corrected chi connectivity index (χ0v) is 8.90. The van der Waals surface area contributed by atoms with Crippen molar-refractivity contribution in [3.05, 3.63) is 35.4 Å². The normalized spacial score (nSPS) is 8.92. The monoisotopic (exact) mass is 203 g/mol. The van der Waals surface area contributed by atoms with E-state index >= 15 is 0 Å². The molecule has 0 aliphatic rings. The van der Waals surface area contributed by atoms with E-state index < -0.39 is 0 Å². The van der Waals surface area contributed by atoms with Gasteiger partial charge in [-0.1, -0.05) is 38.1 Å². The van der Waals surface area contributed by atoms with E-state index in [1.165, 1.54) is 11.1 Å². The highest BCUT2D eigenvalue weighted by Crippen LogP contribution is 2.14. The lowest BCUT2D eigenvalue weighted by molar-refractivity contribution is 0.824. The van der Waals surface area contributed by atoms with E-state index in [0.717, 1.165) is 0 Å². The van der Waals surface area contributed by atoms with Crippen molar-refractivity contribution in [3.63, 3.8) is 0 Å². The Morgan fingerprint density at radius 3 is 1.92 bits per heavy atom. The molecule has 2 nitrogen and oxygen atoms in total. The lowest BCUT2D eigenvalue weighted by atomic mass is 10.0. The second-order valence-electron chi connectivity index (χ2n) is 3.10. The molecule has 0 saturated carbocycles. The summed E-state index contributed by atoms with van der Waals surface area (Å²) in [7, 11) is 0. The van der Waals surface area contributed by atoms with Crippen LogP contribution in [0.25, 0.3) is 0 Å². The zero-order chi connectivity index (χ0) is 8.27. The van der Waals surface area contributed by atoms with Crippen LogP contribution in [-0.4, -0.2) is 5.48 Å². The molecular formula is C10H18ClNO. The number of benzene rings is 1. The number of hydrogen-bond donors (Lipinski definition) is 1. The van der Waals surface area contributed by atoms with Crippen LogP contribution in [0.3, 0.4) is 0 Å². The van der Waals surface area contributed by atoms with Crippen LogP contribution in [0.2, 0.25) is 0 Å². The zero-order valence-electron chi connectivity index (χ0n) is 8.08. The Kier molecular flexibility index (Phi) is 7.92. The van der Waals surface area contributed by atoms with Crippen molar-refractivity contribution in [2.45, 2.75) is 26.3 Å². The predicted octanol–water partition coefficient (Wildman–Crippen LogP) is 1.87. The summed E-state index contributed by atoms with van der Waals surface area (Å²) in [4.78, 5) is 0. The third-order valence-corrected chi connectivity index (χ3v) is 1.88. The summed E-state index contributed by atoms with van der Waals surface area (Å²) in [5.41, 5.74) is 8.06. The van der Waals surface area contributed by atoms with Crippen LogP contribution < -0.4 is 5.73 Å². The van der Waals surface area contributed by atoms with Gasteiger partial charge in [0.25, 0.3) is 0 Å². The van der Waals surface area contributed by atoms with Crippen LogP contribution in [0.15, 0.2) is 24.3 Å². The highest BCUT2D eigenvalue weighted by atomic mass is 35.5. The van der Waals surface area contributed by atoms with E-state index in [-0.39, 0.29) is 17.9 Å². The summed E-state index contributed by atoms with van der Waals surface area (Å²) in [6.45, 7) is 5.02. The van der Waals surface area contributed by atoms with E-state index in [9.17, 15) is 0 Å². The fourth-order valence-electron chi connectivity index (χ4n) is 1.04. The number of hydrogen-bond acceptors (Lipinski definition) is 1. The molecule has 3 heteroatoms. The van der Waals surface area contributed by atoms with Crippen LogP contribution in [0.5, 0.6) is 0 Å². The third-order valence-electron chi connectivity index (χ3n) is 1.88. The van der Waals surface area contributed by atoms with Gasteiger partial charge in [-0.3, -0.25) is 0 Å². The van der Waals surface area contributed by atoms with Crippen LogP contribution in [0.4, 0.5) is 0 Å². The smallest absolute Gasteiger partial charge is 0.0178 e. The Hall–Kier alpha value is -0.570. The highest BCUT2D eigenvalue weighted by Gasteiger charge is 1.96. The largest absolute Gasteiger partial charge is 0.412 e. The number of rotatable bonds is 2. The van der Waals surface area contributed by atoms with Gasteiger partial charge in [0.05, 0.1) is 0 Å². The molecule has 0 heterocycles. The predicted molar refractivity (Wildman–Crippen MR) is 59.3 cm³/mol. The number of nitrogens with two attached hydrogens (primary N) is 1. The summed E-state index contributed by atoms with van der Waals surface area (Å²) in [5.74, 6) is 0.613. The molecule has 0 fully saturated rings. The molecule has 13 heavy (non-hydrogen) atoms. The molecule has 0 radical (unpaired) electrons. The standard InChI is InChI=1S/C10H15N.ClH.H2O/c1-8(2)10-5-3-9(7-11)4-6-10;;/h3-6,8H,7,11H2,1-2H3;1H;1H2. The average molecular weight is 204 g/mol. The molecule has 0 bridgehead atoms. The van der Waals surface area contributed by atoms with Gasteiger partial charge < -0.3 is 11.2 Å². The van der Waals surface area contributed by atoms with Crippen LogP contribution in [0.1, 0.15) is 30.9 Å². The highest BCUT2D eigenvalue weighted by molar-refractivity contribution is 5.85. The molecule has 0 atom stereocenters. The maximum atomic E-state index is 5.48. The second kappa shape index (κ2) is 6.89. The van der Waals surface area contributed by atoms with Gasteiger partial charge in [-0.2, -0.15) is 0 Å². The maximum absolute atomic E-state index is 5.48. The molecule has 0 aromatic heterocycles. The molecule has 0 unspecified atom stereocenters. The minimum atomic E-state index is 0. The second-order valence-corrected chi connectivity index (χ2v) is 3.10. The Morgan fingerprint density at radius 2 is 1.62 bits per heavy atom. The molecule has 76 valence electrons. The average Bonchev–Trinajstić information content (AvgIpc) is 2.05. The number of halogens is 1. The van der Waals surface area contributed by atoms with Gasteiger partial charge in [-0.15, -0.1) is 12.4 Å². The summed E-state index contributed by atoms with van der Waals surface area (Å²) in [6.07, 6.45) is 0. The minimum absolute atomic E-state index is 0. The van der Waals surface area contributed by atoms with E-state index in [2.05, 4.69) is 38.1 Å². The fourth-order valence-corrected chi connectivity index (χ4v) is 1.04. The van der Waals surface area contributed by atoms with E-state index in [4.69, 9.17) is 5.73 Å². The molecular weight excluding hydrogens is 186 g/mol. The fraction of sp³-hybridized carbons (Fsp3) is 0.400. The van der Waals surface area contributed by atoms with Crippen LogP contribution in [0, 0.1) is 0 Å². The topological polar surface area (TPSA) is 57.5 Å². The van der Waals surface area contributed by atoms with Crippen molar-refractivity contribution in [3.8, 4) is 0 Å². The first-order valence-corrected chi connectivity index (χ1v) is 4.03. The Bertz CT molecular complexity index is 221. The Labute approximate surface area is 85.9 Å². The van der Waals surface area contributed by atoms with Crippen molar-refractivity contribution in [2.75, 3.05) is 0 Å². The van der Waals surface area contributed by atoms with Crippen molar-refractivity contribution < 1.29 is 5.48 Å². The van der Waals surface area contributed by atoms with Crippen molar-refractivity contribution in [1.82, 2.24) is 0 Å². The van der Waals surface area contributed by atoms with Gasteiger partial charge in [-0.25, -0.2) is 0 Å². The first kappa shape index (κ1) is 14.9. The summed E-state index contributed by atoms with van der Waals surface area (Å²) >= 11 is 0. The van der Waals surface area contributed by atoms with Crippen LogP contribution in [-0.2, 0) is 6.54 Å². The van der Waals surface area contributed by atoms with E-state index in [1.54, 1.807) is 0 Å². The van der Waals surface area contributed by atoms with Crippen LogP contribution >= 0.6 is 12.4 Å². The van der Waals surface area contributed by atoms with Gasteiger partial charge in [0.15, 0.2) is 0 Å². The molecule has 0 aliphatic heterocycles. The maximum Gasteiger partial charge on any atom is 0.0178 e. The summed E-state index contributed by atoms with van der Waals surface area (Å²) < 4.78 is 0. The van der Waals surface area contributed by atoms with Crippen molar-refractivity contribution in [2.24, 2.45) is 5.73 Å². The van der Waals surface area contributed by atoms with E-state index in [0.29, 0.717) is 12.5 Å². The molecule has 1 rings (SSSR count). The summed E-state index contributed by atoms with van der Waals surface area (Å²) in [5, 5.41) is 0. The van der Waals surface area contributed by atoms with Crippen molar-refractivity contribution in [1.29, 1.82) is 0 Å². The van der Waals surface area contributed by atoms with Gasteiger partial charge >= 0.3 is 0 Å². The molecule has 1 aromatic rings. The Balaban J connectivity index is 0. The van der Waals surface area contributed by atoms with Crippen molar-refractivity contribution >= 4 is 12.4 Å². The molecule has 0 spiro atoms. The lowest BCUT2D eigenvalue weighted by Crippen LogP contribution is -1.96. The SMILES string of the molecule is CC(C)c1ccc(CN)cc1.Cl.O. The summed E-state index contributed by atoms with van der Waals surface area (Å²) in [6, 6.07) is 8.48. The molecule has 1 aromatic carbocycles. The van der Waals surface area contributed by atoms with Gasteiger partial charge in [0, 0.05) is 6.54 Å². The van der Waals surface area contributed by atoms with Gasteiger partial charge in [0.1, 0.15) is 0 Å². The van der Waals surface area contributed by atoms with E-state index in [1.807, 2.05) is 0 Å². The Morgan fingerprint density at radius 1 is 1.15 bits per heavy atom.